The first kappa shape index (κ1) is 15.1. The van der Waals surface area contributed by atoms with Gasteiger partial charge in [0, 0.05) is 5.56 Å². The van der Waals surface area contributed by atoms with Crippen molar-refractivity contribution in [1.29, 1.82) is 0 Å². The minimum absolute atomic E-state index is 0.0773. The van der Waals surface area contributed by atoms with Gasteiger partial charge in [-0.05, 0) is 24.3 Å². The lowest BCUT2D eigenvalue weighted by molar-refractivity contribution is -0.142. The van der Waals surface area contributed by atoms with E-state index in [1.54, 1.807) is 0 Å². The molecule has 1 N–H and O–H groups in total. The van der Waals surface area contributed by atoms with E-state index in [1.165, 1.54) is 0 Å². The normalized spacial score (nSPS) is 12.5. The Balaban J connectivity index is 2.44. The maximum atomic E-state index is 12.6. The van der Waals surface area contributed by atoms with Gasteiger partial charge in [0.15, 0.2) is 5.69 Å². The van der Waals surface area contributed by atoms with E-state index in [-0.39, 0.29) is 11.3 Å². The Kier molecular flexibility index (Phi) is 3.56. The molecule has 0 saturated heterocycles. The summed E-state index contributed by atoms with van der Waals surface area (Å²) in [5.41, 5.74) is -2.51. The molecule has 2 aromatic rings. The van der Waals surface area contributed by atoms with Crippen molar-refractivity contribution < 1.29 is 31.4 Å². The average Bonchev–Trinajstić information content (AvgIpc) is 2.37. The van der Waals surface area contributed by atoms with Crippen molar-refractivity contribution in [2.45, 2.75) is 12.4 Å². The lowest BCUT2D eigenvalue weighted by atomic mass is 10.1. The topological polar surface area (TPSA) is 33.1 Å². The zero-order valence-corrected chi connectivity index (χ0v) is 10.1. The SMILES string of the molecule is Oc1ccc(-c2ccc(C(F)(F)F)cc2)nc1C(F)(F)F. The lowest BCUT2D eigenvalue weighted by Crippen LogP contribution is -2.09. The summed E-state index contributed by atoms with van der Waals surface area (Å²) in [6.45, 7) is 0. The molecule has 0 amide bonds. The van der Waals surface area contributed by atoms with Crippen molar-refractivity contribution in [2.24, 2.45) is 0 Å². The van der Waals surface area contributed by atoms with E-state index in [1.807, 2.05) is 0 Å². The third kappa shape index (κ3) is 3.26. The van der Waals surface area contributed by atoms with Crippen molar-refractivity contribution in [2.75, 3.05) is 0 Å². The van der Waals surface area contributed by atoms with Crippen LogP contribution in [0.5, 0.6) is 5.75 Å². The van der Waals surface area contributed by atoms with Crippen LogP contribution in [0.2, 0.25) is 0 Å². The molecule has 0 radical (unpaired) electrons. The third-order valence-corrected chi connectivity index (χ3v) is 2.65. The van der Waals surface area contributed by atoms with E-state index >= 15 is 0 Å². The predicted octanol–water partition coefficient (Wildman–Crippen LogP) is 4.49. The van der Waals surface area contributed by atoms with Crippen LogP contribution in [-0.2, 0) is 12.4 Å². The standard InChI is InChI=1S/C13H7F6NO/c14-12(15,16)8-3-1-7(2-4-8)9-5-6-10(21)11(20-9)13(17,18)19/h1-6,21H. The Morgan fingerprint density at radius 1 is 0.762 bits per heavy atom. The summed E-state index contributed by atoms with van der Waals surface area (Å²) < 4.78 is 75.0. The van der Waals surface area contributed by atoms with Gasteiger partial charge in [-0.15, -0.1) is 0 Å². The number of rotatable bonds is 1. The molecular formula is C13H7F6NO. The fourth-order valence-corrected chi connectivity index (χ4v) is 1.65. The summed E-state index contributed by atoms with van der Waals surface area (Å²) in [5, 5.41) is 9.14. The van der Waals surface area contributed by atoms with Crippen molar-refractivity contribution in [3.05, 3.63) is 47.7 Å². The highest BCUT2D eigenvalue weighted by molar-refractivity contribution is 5.60. The molecule has 0 spiro atoms. The highest BCUT2D eigenvalue weighted by Crippen LogP contribution is 2.36. The second kappa shape index (κ2) is 4.94. The van der Waals surface area contributed by atoms with Gasteiger partial charge in [0.25, 0.3) is 0 Å². The molecule has 1 aromatic heterocycles. The number of alkyl halides is 6. The molecule has 0 unspecified atom stereocenters. The van der Waals surface area contributed by atoms with E-state index in [2.05, 4.69) is 4.98 Å². The molecule has 0 fully saturated rings. The second-order valence-corrected chi connectivity index (χ2v) is 4.14. The van der Waals surface area contributed by atoms with E-state index < -0.39 is 29.4 Å². The van der Waals surface area contributed by atoms with Crippen molar-refractivity contribution in [1.82, 2.24) is 4.98 Å². The van der Waals surface area contributed by atoms with Gasteiger partial charge in [-0.25, -0.2) is 4.98 Å². The Labute approximate surface area is 114 Å². The molecule has 2 rings (SSSR count). The molecule has 112 valence electrons. The zero-order valence-electron chi connectivity index (χ0n) is 10.1. The van der Waals surface area contributed by atoms with Gasteiger partial charge in [-0.2, -0.15) is 26.3 Å². The largest absolute Gasteiger partial charge is 0.506 e. The molecule has 2 nitrogen and oxygen atoms in total. The van der Waals surface area contributed by atoms with Crippen LogP contribution in [0.3, 0.4) is 0 Å². The number of nitrogens with zero attached hydrogens (tertiary/aromatic N) is 1. The van der Waals surface area contributed by atoms with E-state index in [0.717, 1.165) is 36.4 Å². The summed E-state index contributed by atoms with van der Waals surface area (Å²) in [7, 11) is 0. The van der Waals surface area contributed by atoms with Gasteiger partial charge in [0.1, 0.15) is 5.75 Å². The van der Waals surface area contributed by atoms with Crippen molar-refractivity contribution >= 4 is 0 Å². The maximum absolute atomic E-state index is 12.6. The Hall–Kier alpha value is -2.25. The van der Waals surface area contributed by atoms with Crippen LogP contribution in [0.15, 0.2) is 36.4 Å². The van der Waals surface area contributed by atoms with Gasteiger partial charge >= 0.3 is 12.4 Å². The lowest BCUT2D eigenvalue weighted by Gasteiger charge is -2.11. The van der Waals surface area contributed by atoms with Crippen LogP contribution < -0.4 is 0 Å². The van der Waals surface area contributed by atoms with Crippen LogP contribution in [-0.4, -0.2) is 10.1 Å². The predicted molar refractivity (Wildman–Crippen MR) is 61.3 cm³/mol. The van der Waals surface area contributed by atoms with Gasteiger partial charge < -0.3 is 5.11 Å². The number of halogens is 6. The van der Waals surface area contributed by atoms with E-state index in [0.29, 0.717) is 0 Å². The molecule has 0 aliphatic heterocycles. The fraction of sp³-hybridized carbons (Fsp3) is 0.154. The first-order valence-corrected chi connectivity index (χ1v) is 5.54. The first-order valence-electron chi connectivity index (χ1n) is 5.54. The Bertz CT molecular complexity index is 645. The molecule has 0 bridgehead atoms. The highest BCUT2D eigenvalue weighted by Gasteiger charge is 2.36. The summed E-state index contributed by atoms with van der Waals surface area (Å²) in [4.78, 5) is 3.25. The number of hydrogen-bond donors (Lipinski definition) is 1. The second-order valence-electron chi connectivity index (χ2n) is 4.14. The molecule has 0 atom stereocenters. The molecule has 0 saturated carbocycles. The number of aromatic hydroxyl groups is 1. The molecule has 0 aliphatic rings. The average molecular weight is 307 g/mol. The quantitative estimate of drug-likeness (QED) is 0.787. The van der Waals surface area contributed by atoms with Gasteiger partial charge in [0.05, 0.1) is 11.3 Å². The Morgan fingerprint density at radius 2 is 1.33 bits per heavy atom. The number of aromatic nitrogens is 1. The first-order chi connectivity index (χ1) is 9.59. The fourth-order valence-electron chi connectivity index (χ4n) is 1.65. The summed E-state index contributed by atoms with van der Waals surface area (Å²) in [5.74, 6) is -1.04. The monoisotopic (exact) mass is 307 g/mol. The zero-order chi connectivity index (χ0) is 15.8. The van der Waals surface area contributed by atoms with Crippen LogP contribution in [0, 0.1) is 0 Å². The minimum Gasteiger partial charge on any atom is -0.506 e. The molecular weight excluding hydrogens is 300 g/mol. The van der Waals surface area contributed by atoms with Crippen LogP contribution in [0.25, 0.3) is 11.3 Å². The molecule has 21 heavy (non-hydrogen) atoms. The van der Waals surface area contributed by atoms with E-state index in [4.69, 9.17) is 5.11 Å². The van der Waals surface area contributed by atoms with Gasteiger partial charge in [0.2, 0.25) is 0 Å². The van der Waals surface area contributed by atoms with Gasteiger partial charge in [-0.3, -0.25) is 0 Å². The number of pyridine rings is 1. The minimum atomic E-state index is -4.86. The highest BCUT2D eigenvalue weighted by atomic mass is 19.4. The third-order valence-electron chi connectivity index (χ3n) is 2.65. The molecule has 0 aliphatic carbocycles. The summed E-state index contributed by atoms with van der Waals surface area (Å²) in [6, 6.07) is 5.41. The Morgan fingerprint density at radius 3 is 1.81 bits per heavy atom. The van der Waals surface area contributed by atoms with Crippen molar-refractivity contribution in [3.63, 3.8) is 0 Å². The van der Waals surface area contributed by atoms with Crippen LogP contribution in [0.1, 0.15) is 11.3 Å². The summed E-state index contributed by atoms with van der Waals surface area (Å²) in [6.07, 6.45) is -9.38. The van der Waals surface area contributed by atoms with Crippen molar-refractivity contribution in [3.8, 4) is 17.0 Å². The van der Waals surface area contributed by atoms with Crippen LogP contribution in [0.4, 0.5) is 26.3 Å². The molecule has 1 heterocycles. The number of hydrogen-bond acceptors (Lipinski definition) is 2. The molecule has 1 aromatic carbocycles. The van der Waals surface area contributed by atoms with E-state index in [9.17, 15) is 26.3 Å². The summed E-state index contributed by atoms with van der Waals surface area (Å²) >= 11 is 0. The maximum Gasteiger partial charge on any atom is 0.437 e. The molecule has 8 heteroatoms. The van der Waals surface area contributed by atoms with Crippen LogP contribution >= 0.6 is 0 Å². The smallest absolute Gasteiger partial charge is 0.437 e. The van der Waals surface area contributed by atoms with Gasteiger partial charge in [-0.1, -0.05) is 12.1 Å². The number of benzene rings is 1.